The molecule has 2 N–H and O–H groups in total. The van der Waals surface area contributed by atoms with E-state index in [1.807, 2.05) is 4.57 Å². The van der Waals surface area contributed by atoms with Crippen molar-refractivity contribution < 1.29 is 13.5 Å². The number of aliphatic hydroxyl groups excluding tert-OH is 1. The number of nitrogens with zero attached hydrogens (tertiary/aromatic N) is 4. The van der Waals surface area contributed by atoms with Gasteiger partial charge in [-0.05, 0) is 43.6 Å². The van der Waals surface area contributed by atoms with E-state index in [0.29, 0.717) is 24.6 Å². The molecule has 10 heteroatoms. The lowest BCUT2D eigenvalue weighted by Gasteiger charge is -2.34. The fourth-order valence-corrected chi connectivity index (χ4v) is 6.07. The molecular formula is C20H27N5O4S. The molecular weight excluding hydrogens is 406 g/mol. The van der Waals surface area contributed by atoms with Crippen molar-refractivity contribution in [2.75, 3.05) is 24.7 Å². The van der Waals surface area contributed by atoms with Gasteiger partial charge in [-0.1, -0.05) is 6.42 Å². The number of hydrogen-bond acceptors (Lipinski definition) is 7. The summed E-state index contributed by atoms with van der Waals surface area (Å²) in [6, 6.07) is 3.18. The van der Waals surface area contributed by atoms with Crippen molar-refractivity contribution in [2.45, 2.75) is 56.7 Å². The van der Waals surface area contributed by atoms with Gasteiger partial charge in [-0.15, -0.1) is 0 Å². The predicted molar refractivity (Wildman–Crippen MR) is 113 cm³/mol. The zero-order valence-corrected chi connectivity index (χ0v) is 17.8. The highest BCUT2D eigenvalue weighted by molar-refractivity contribution is 7.88. The Morgan fingerprint density at radius 1 is 1.23 bits per heavy atom. The van der Waals surface area contributed by atoms with Crippen LogP contribution in [0.2, 0.25) is 0 Å². The summed E-state index contributed by atoms with van der Waals surface area (Å²) in [5, 5.41) is 14.4. The number of sulfonamides is 1. The molecule has 3 fully saturated rings. The standard InChI is InChI=1S/C20H27N5O4S/c1-30(28,29)24-10-6-14(15(26)12-24)22-19-21-11-13-4-5-17(27)25(18(13)23-19)16-3-2-7-20(16)8-9-20/h4-5,11,14-16,26H,2-3,6-10,12H2,1H3,(H,21,22,23). The summed E-state index contributed by atoms with van der Waals surface area (Å²) in [6.07, 6.45) is 8.06. The maximum Gasteiger partial charge on any atom is 0.252 e. The van der Waals surface area contributed by atoms with Crippen molar-refractivity contribution in [1.29, 1.82) is 0 Å². The second-order valence-electron chi connectivity index (χ2n) is 9.01. The van der Waals surface area contributed by atoms with Gasteiger partial charge in [-0.25, -0.2) is 13.4 Å². The zero-order chi connectivity index (χ0) is 21.1. The van der Waals surface area contributed by atoms with Crippen molar-refractivity contribution in [3.8, 4) is 0 Å². The van der Waals surface area contributed by atoms with Crippen LogP contribution in [-0.2, 0) is 10.0 Å². The number of aromatic nitrogens is 3. The van der Waals surface area contributed by atoms with E-state index in [0.717, 1.165) is 24.5 Å². The fraction of sp³-hybridized carbons (Fsp3) is 0.650. The summed E-state index contributed by atoms with van der Waals surface area (Å²) < 4.78 is 26.6. The minimum Gasteiger partial charge on any atom is -0.390 e. The number of aliphatic hydroxyl groups is 1. The highest BCUT2D eigenvalue weighted by Gasteiger charge is 2.53. The first-order valence-corrected chi connectivity index (χ1v) is 12.4. The molecule has 1 saturated heterocycles. The largest absolute Gasteiger partial charge is 0.390 e. The van der Waals surface area contributed by atoms with E-state index < -0.39 is 16.1 Å². The van der Waals surface area contributed by atoms with E-state index in [9.17, 15) is 18.3 Å². The molecule has 2 aromatic heterocycles. The summed E-state index contributed by atoms with van der Waals surface area (Å²) in [5.41, 5.74) is 0.846. The van der Waals surface area contributed by atoms with Crippen molar-refractivity contribution in [1.82, 2.24) is 18.8 Å². The van der Waals surface area contributed by atoms with Crippen LogP contribution in [0.3, 0.4) is 0 Å². The van der Waals surface area contributed by atoms with Crippen LogP contribution in [0, 0.1) is 5.41 Å². The minimum absolute atomic E-state index is 0.0354. The van der Waals surface area contributed by atoms with E-state index in [1.165, 1.54) is 23.6 Å². The average molecular weight is 434 g/mol. The predicted octanol–water partition coefficient (Wildman–Crippen LogP) is 1.10. The second-order valence-corrected chi connectivity index (χ2v) is 11.0. The van der Waals surface area contributed by atoms with Gasteiger partial charge < -0.3 is 10.4 Å². The van der Waals surface area contributed by atoms with Gasteiger partial charge in [-0.3, -0.25) is 9.36 Å². The normalized spacial score (nSPS) is 28.8. The molecule has 0 radical (unpaired) electrons. The van der Waals surface area contributed by atoms with E-state index in [-0.39, 0.29) is 29.6 Å². The summed E-state index contributed by atoms with van der Waals surface area (Å²) in [7, 11) is -3.33. The van der Waals surface area contributed by atoms with Crippen LogP contribution in [-0.4, -0.2) is 63.9 Å². The smallest absolute Gasteiger partial charge is 0.252 e. The first-order valence-electron chi connectivity index (χ1n) is 10.5. The van der Waals surface area contributed by atoms with E-state index >= 15 is 0 Å². The van der Waals surface area contributed by atoms with Crippen LogP contribution >= 0.6 is 0 Å². The lowest BCUT2D eigenvalue weighted by Crippen LogP contribution is -2.51. The molecule has 2 aromatic rings. The first-order chi connectivity index (χ1) is 14.3. The van der Waals surface area contributed by atoms with Crippen LogP contribution in [0.15, 0.2) is 23.1 Å². The van der Waals surface area contributed by atoms with Gasteiger partial charge in [0, 0.05) is 36.8 Å². The van der Waals surface area contributed by atoms with Crippen molar-refractivity contribution in [3.05, 3.63) is 28.7 Å². The Kier molecular flexibility index (Phi) is 4.64. The third kappa shape index (κ3) is 3.40. The third-order valence-corrected chi connectivity index (χ3v) is 8.33. The van der Waals surface area contributed by atoms with Crippen LogP contribution in [0.4, 0.5) is 5.95 Å². The third-order valence-electron chi connectivity index (χ3n) is 7.06. The monoisotopic (exact) mass is 433 g/mol. The molecule has 162 valence electrons. The maximum absolute atomic E-state index is 12.8. The Morgan fingerprint density at radius 3 is 2.73 bits per heavy atom. The van der Waals surface area contributed by atoms with Crippen LogP contribution in [0.5, 0.6) is 0 Å². The molecule has 30 heavy (non-hydrogen) atoms. The number of pyridine rings is 1. The Hall–Kier alpha value is -2.04. The minimum atomic E-state index is -3.33. The Bertz CT molecular complexity index is 1140. The Morgan fingerprint density at radius 2 is 2.03 bits per heavy atom. The van der Waals surface area contributed by atoms with Gasteiger partial charge in [-0.2, -0.15) is 9.29 Å². The number of β-amino-alcohol motifs (C(OH)–C–C–N with tert-alkyl or cyclic N) is 1. The highest BCUT2D eigenvalue weighted by atomic mass is 32.2. The molecule has 0 amide bonds. The molecule has 3 atom stereocenters. The van der Waals surface area contributed by atoms with Gasteiger partial charge in [0.25, 0.3) is 5.56 Å². The maximum atomic E-state index is 12.8. The molecule has 9 nitrogen and oxygen atoms in total. The lowest BCUT2D eigenvalue weighted by molar-refractivity contribution is 0.0951. The van der Waals surface area contributed by atoms with Crippen molar-refractivity contribution >= 4 is 27.0 Å². The lowest BCUT2D eigenvalue weighted by atomic mass is 10.00. The molecule has 3 heterocycles. The molecule has 1 spiro atoms. The van der Waals surface area contributed by atoms with Crippen molar-refractivity contribution in [2.24, 2.45) is 5.41 Å². The first kappa shape index (κ1) is 19.9. The van der Waals surface area contributed by atoms with Gasteiger partial charge in [0.15, 0.2) is 0 Å². The van der Waals surface area contributed by atoms with Crippen LogP contribution < -0.4 is 10.9 Å². The zero-order valence-electron chi connectivity index (χ0n) is 17.0. The number of piperidine rings is 1. The van der Waals surface area contributed by atoms with E-state index in [1.54, 1.807) is 18.3 Å². The van der Waals surface area contributed by atoms with Gasteiger partial charge >= 0.3 is 0 Å². The number of anilines is 1. The molecule has 0 bridgehead atoms. The molecule has 2 saturated carbocycles. The quantitative estimate of drug-likeness (QED) is 0.741. The van der Waals surface area contributed by atoms with Crippen LogP contribution in [0.25, 0.3) is 11.0 Å². The molecule has 2 aliphatic carbocycles. The fourth-order valence-electron chi connectivity index (χ4n) is 5.21. The van der Waals surface area contributed by atoms with E-state index in [2.05, 4.69) is 15.3 Å². The highest BCUT2D eigenvalue weighted by Crippen LogP contribution is 2.63. The molecule has 1 aliphatic heterocycles. The summed E-state index contributed by atoms with van der Waals surface area (Å²) in [4.78, 5) is 21.8. The molecule has 0 aromatic carbocycles. The summed E-state index contributed by atoms with van der Waals surface area (Å²) >= 11 is 0. The van der Waals surface area contributed by atoms with Crippen LogP contribution in [0.1, 0.15) is 44.6 Å². The Balaban J connectivity index is 1.44. The number of nitrogens with one attached hydrogen (secondary N) is 1. The van der Waals surface area contributed by atoms with Gasteiger partial charge in [0.2, 0.25) is 16.0 Å². The van der Waals surface area contributed by atoms with Gasteiger partial charge in [0.05, 0.1) is 18.4 Å². The molecule has 3 unspecified atom stereocenters. The molecule has 5 rings (SSSR count). The SMILES string of the molecule is CS(=O)(=O)N1CCC(Nc2ncc3ccc(=O)n(C4CCCC45CC5)c3n2)C(O)C1. The second kappa shape index (κ2) is 7.00. The van der Waals surface area contributed by atoms with Gasteiger partial charge in [0.1, 0.15) is 5.65 Å². The number of rotatable bonds is 4. The number of fused-ring (bicyclic) bond motifs is 1. The number of hydrogen-bond donors (Lipinski definition) is 2. The topological polar surface area (TPSA) is 117 Å². The van der Waals surface area contributed by atoms with E-state index in [4.69, 9.17) is 0 Å². The Labute approximate surface area is 175 Å². The summed E-state index contributed by atoms with van der Waals surface area (Å²) in [5.74, 6) is 0.349. The van der Waals surface area contributed by atoms with Crippen molar-refractivity contribution in [3.63, 3.8) is 0 Å². The average Bonchev–Trinajstić information content (AvgIpc) is 3.35. The summed E-state index contributed by atoms with van der Waals surface area (Å²) in [6.45, 7) is 0.371. The molecule has 3 aliphatic rings.